The second-order valence-electron chi connectivity index (χ2n) is 5.94. The first-order chi connectivity index (χ1) is 11.8. The van der Waals surface area contributed by atoms with Gasteiger partial charge in [-0.2, -0.15) is 0 Å². The number of imidazole rings is 1. The molecule has 2 N–H and O–H groups in total. The minimum Gasteiger partial charge on any atom is -0.357 e. The summed E-state index contributed by atoms with van der Waals surface area (Å²) in [6, 6.07) is 10.9. The molecule has 0 atom stereocenters. The Labute approximate surface area is 166 Å². The number of benzene rings is 1. The number of rotatable bonds is 6. The van der Waals surface area contributed by atoms with Crippen LogP contribution in [0.1, 0.15) is 31.2 Å². The Hall–Kier alpha value is -1.83. The van der Waals surface area contributed by atoms with Crippen molar-refractivity contribution in [3.63, 3.8) is 0 Å². The minimum absolute atomic E-state index is 0. The molecule has 0 saturated heterocycles. The normalized spacial score (nSPS) is 14.4. The van der Waals surface area contributed by atoms with Gasteiger partial charge in [-0.1, -0.05) is 42.5 Å². The Morgan fingerprint density at radius 1 is 1.24 bits per heavy atom. The molecule has 0 amide bonds. The summed E-state index contributed by atoms with van der Waals surface area (Å²) in [6.45, 7) is 4.32. The Bertz CT molecular complexity index is 685. The van der Waals surface area contributed by atoms with Crippen LogP contribution >= 0.6 is 24.0 Å². The molecule has 1 aromatic carbocycles. The maximum Gasteiger partial charge on any atom is 0.191 e. The summed E-state index contributed by atoms with van der Waals surface area (Å²) < 4.78 is 2.15. The van der Waals surface area contributed by atoms with Gasteiger partial charge >= 0.3 is 0 Å². The molecule has 1 heterocycles. The summed E-state index contributed by atoms with van der Waals surface area (Å²) >= 11 is 0. The van der Waals surface area contributed by atoms with Crippen molar-refractivity contribution in [3.05, 3.63) is 66.3 Å². The fourth-order valence-electron chi connectivity index (χ4n) is 2.81. The molecular weight excluding hydrogens is 425 g/mol. The molecule has 2 aromatic rings. The molecule has 0 aliphatic heterocycles. The first-order valence-corrected chi connectivity index (χ1v) is 8.59. The van der Waals surface area contributed by atoms with Gasteiger partial charge in [-0.3, -0.25) is 0 Å². The fourth-order valence-corrected chi connectivity index (χ4v) is 2.81. The van der Waals surface area contributed by atoms with Crippen LogP contribution < -0.4 is 10.6 Å². The zero-order chi connectivity index (χ0) is 16.6. The monoisotopic (exact) mass is 451 g/mol. The molecule has 0 bridgehead atoms. The second kappa shape index (κ2) is 10.2. The van der Waals surface area contributed by atoms with E-state index in [4.69, 9.17) is 4.99 Å². The lowest BCUT2D eigenvalue weighted by molar-refractivity contribution is 0.630. The van der Waals surface area contributed by atoms with Crippen LogP contribution in [0.25, 0.3) is 0 Å². The van der Waals surface area contributed by atoms with E-state index in [1.54, 1.807) is 0 Å². The Kier molecular flexibility index (Phi) is 7.97. The fraction of sp³-hybridized carbons (Fsp3) is 0.368. The lowest BCUT2D eigenvalue weighted by Crippen LogP contribution is -2.42. The first kappa shape index (κ1) is 19.5. The van der Waals surface area contributed by atoms with Crippen molar-refractivity contribution in [2.24, 2.45) is 4.99 Å². The average molecular weight is 451 g/mol. The number of aromatic nitrogens is 2. The van der Waals surface area contributed by atoms with Crippen molar-refractivity contribution in [1.29, 1.82) is 0 Å². The third-order valence-electron chi connectivity index (χ3n) is 4.07. The highest BCUT2D eigenvalue weighted by Gasteiger charge is 2.12. The van der Waals surface area contributed by atoms with E-state index in [1.165, 1.54) is 5.56 Å². The molecule has 134 valence electrons. The number of nitrogens with one attached hydrogen (secondary N) is 2. The topological polar surface area (TPSA) is 54.2 Å². The smallest absolute Gasteiger partial charge is 0.191 e. The van der Waals surface area contributed by atoms with Crippen LogP contribution in [0.3, 0.4) is 0 Å². The van der Waals surface area contributed by atoms with Crippen LogP contribution in [-0.2, 0) is 13.1 Å². The van der Waals surface area contributed by atoms with Gasteiger partial charge in [0.05, 0.1) is 0 Å². The standard InChI is InChI=1S/C19H25N5.HI/c1-2-20-19(23-17-10-6-7-11-17)22-14-18-21-12-13-24(18)15-16-8-4-3-5-9-16;/h3-9,12-13,17H,2,10-11,14-15H2,1H3,(H2,20,22,23);1H. The third kappa shape index (κ3) is 5.88. The van der Waals surface area contributed by atoms with E-state index in [1.807, 2.05) is 18.5 Å². The number of hydrogen-bond donors (Lipinski definition) is 2. The number of nitrogens with zero attached hydrogens (tertiary/aromatic N) is 3. The summed E-state index contributed by atoms with van der Waals surface area (Å²) in [5, 5.41) is 6.80. The highest BCUT2D eigenvalue weighted by molar-refractivity contribution is 14.0. The van der Waals surface area contributed by atoms with E-state index < -0.39 is 0 Å². The van der Waals surface area contributed by atoms with Crippen molar-refractivity contribution in [2.75, 3.05) is 6.54 Å². The van der Waals surface area contributed by atoms with Gasteiger partial charge in [-0.25, -0.2) is 9.98 Å². The number of aliphatic imine (C=N–C) groups is 1. The summed E-state index contributed by atoms with van der Waals surface area (Å²) in [6.07, 6.45) is 10.4. The molecule has 25 heavy (non-hydrogen) atoms. The molecule has 1 aliphatic carbocycles. The van der Waals surface area contributed by atoms with Gasteiger partial charge < -0.3 is 15.2 Å². The first-order valence-electron chi connectivity index (χ1n) is 8.59. The molecule has 0 radical (unpaired) electrons. The van der Waals surface area contributed by atoms with Gasteiger partial charge in [-0.05, 0) is 25.3 Å². The second-order valence-corrected chi connectivity index (χ2v) is 5.94. The van der Waals surface area contributed by atoms with Gasteiger partial charge in [0.1, 0.15) is 12.4 Å². The van der Waals surface area contributed by atoms with Gasteiger partial charge in [-0.15, -0.1) is 24.0 Å². The largest absolute Gasteiger partial charge is 0.357 e. The quantitative estimate of drug-likeness (QED) is 0.307. The van der Waals surface area contributed by atoms with E-state index in [2.05, 4.69) is 63.5 Å². The molecule has 1 aromatic heterocycles. The van der Waals surface area contributed by atoms with Crippen LogP contribution in [0.4, 0.5) is 0 Å². The highest BCUT2D eigenvalue weighted by atomic mass is 127. The Morgan fingerprint density at radius 2 is 2.00 bits per heavy atom. The predicted molar refractivity (Wildman–Crippen MR) is 113 cm³/mol. The van der Waals surface area contributed by atoms with Crippen molar-refractivity contribution >= 4 is 29.9 Å². The van der Waals surface area contributed by atoms with Crippen LogP contribution in [0.2, 0.25) is 0 Å². The van der Waals surface area contributed by atoms with E-state index in [0.717, 1.165) is 37.7 Å². The van der Waals surface area contributed by atoms with E-state index in [-0.39, 0.29) is 24.0 Å². The summed E-state index contributed by atoms with van der Waals surface area (Å²) in [5.74, 6) is 1.83. The van der Waals surface area contributed by atoms with E-state index in [0.29, 0.717) is 12.6 Å². The summed E-state index contributed by atoms with van der Waals surface area (Å²) in [5.41, 5.74) is 1.27. The lowest BCUT2D eigenvalue weighted by atomic mass is 10.2. The minimum atomic E-state index is 0. The molecule has 0 spiro atoms. The van der Waals surface area contributed by atoms with Crippen molar-refractivity contribution in [3.8, 4) is 0 Å². The maximum atomic E-state index is 4.71. The van der Waals surface area contributed by atoms with Crippen LogP contribution in [0.5, 0.6) is 0 Å². The zero-order valence-corrected chi connectivity index (χ0v) is 16.9. The Balaban J connectivity index is 0.00000225. The van der Waals surface area contributed by atoms with Crippen molar-refractivity contribution in [1.82, 2.24) is 20.2 Å². The summed E-state index contributed by atoms with van der Waals surface area (Å²) in [7, 11) is 0. The number of halogens is 1. The van der Waals surface area contributed by atoms with Crippen LogP contribution in [0.15, 0.2) is 59.9 Å². The SMILES string of the molecule is CCNC(=NCc1nccn1Cc1ccccc1)NC1CC=CC1.I. The Morgan fingerprint density at radius 3 is 2.72 bits per heavy atom. The lowest BCUT2D eigenvalue weighted by Gasteiger charge is -2.16. The molecule has 0 saturated carbocycles. The van der Waals surface area contributed by atoms with E-state index in [9.17, 15) is 0 Å². The molecule has 3 rings (SSSR count). The van der Waals surface area contributed by atoms with Gasteiger partial charge in [0.2, 0.25) is 0 Å². The maximum absolute atomic E-state index is 4.71. The molecule has 0 fully saturated rings. The van der Waals surface area contributed by atoms with Crippen LogP contribution in [-0.4, -0.2) is 28.1 Å². The zero-order valence-electron chi connectivity index (χ0n) is 14.6. The molecule has 5 nitrogen and oxygen atoms in total. The van der Waals surface area contributed by atoms with Crippen molar-refractivity contribution < 1.29 is 0 Å². The molecule has 0 unspecified atom stereocenters. The highest BCUT2D eigenvalue weighted by Crippen LogP contribution is 2.09. The number of hydrogen-bond acceptors (Lipinski definition) is 2. The van der Waals surface area contributed by atoms with Gasteiger partial charge in [0, 0.05) is 31.5 Å². The van der Waals surface area contributed by atoms with Gasteiger partial charge in [0.15, 0.2) is 5.96 Å². The number of guanidine groups is 1. The summed E-state index contributed by atoms with van der Waals surface area (Å²) in [4.78, 5) is 9.17. The van der Waals surface area contributed by atoms with Gasteiger partial charge in [0.25, 0.3) is 0 Å². The van der Waals surface area contributed by atoms with E-state index >= 15 is 0 Å². The molecular formula is C19H26IN5. The average Bonchev–Trinajstić information content (AvgIpc) is 3.26. The predicted octanol–water partition coefficient (Wildman–Crippen LogP) is 3.32. The van der Waals surface area contributed by atoms with Crippen molar-refractivity contribution in [2.45, 2.75) is 38.9 Å². The molecule has 6 heteroatoms. The third-order valence-corrected chi connectivity index (χ3v) is 4.07. The molecule has 1 aliphatic rings. The van der Waals surface area contributed by atoms with Crippen LogP contribution in [0, 0.1) is 0 Å².